The van der Waals surface area contributed by atoms with Crippen LogP contribution in [0.4, 0.5) is 0 Å². The monoisotopic (exact) mass is 346 g/mol. The number of hydrogen-bond donors (Lipinski definition) is 3. The van der Waals surface area contributed by atoms with Crippen LogP contribution >= 0.6 is 0 Å². The van der Waals surface area contributed by atoms with Crippen LogP contribution < -0.4 is 25.1 Å². The van der Waals surface area contributed by atoms with Crippen LogP contribution in [-0.2, 0) is 0 Å². The van der Waals surface area contributed by atoms with Gasteiger partial charge < -0.3 is 19.3 Å². The van der Waals surface area contributed by atoms with Crippen molar-refractivity contribution in [1.82, 2.24) is 10.9 Å². The highest BCUT2D eigenvalue weighted by molar-refractivity contribution is 5.99. The Kier molecular flexibility index (Phi) is 5.67. The molecule has 25 heavy (non-hydrogen) atoms. The minimum Gasteiger partial charge on any atom is -0.504 e. The number of amides is 2. The molecular formula is C17H18N2O6. The van der Waals surface area contributed by atoms with E-state index in [0.717, 1.165) is 0 Å². The van der Waals surface area contributed by atoms with E-state index in [1.807, 2.05) is 0 Å². The van der Waals surface area contributed by atoms with Gasteiger partial charge in [0.25, 0.3) is 11.8 Å². The quantitative estimate of drug-likeness (QED) is 0.708. The summed E-state index contributed by atoms with van der Waals surface area (Å²) >= 11 is 0. The molecule has 2 aromatic carbocycles. The molecule has 0 aromatic heterocycles. The maximum absolute atomic E-state index is 12.1. The summed E-state index contributed by atoms with van der Waals surface area (Å²) in [7, 11) is 4.32. The van der Waals surface area contributed by atoms with Gasteiger partial charge in [-0.3, -0.25) is 20.4 Å². The fourth-order valence-corrected chi connectivity index (χ4v) is 2.05. The van der Waals surface area contributed by atoms with Gasteiger partial charge in [-0.25, -0.2) is 0 Å². The second kappa shape index (κ2) is 7.91. The number of hydrazine groups is 1. The molecule has 0 spiro atoms. The number of ether oxygens (including phenoxy) is 3. The number of aromatic hydroxyl groups is 1. The normalized spacial score (nSPS) is 9.88. The van der Waals surface area contributed by atoms with E-state index in [1.54, 1.807) is 6.07 Å². The second-order valence-corrected chi connectivity index (χ2v) is 4.86. The molecule has 0 aliphatic carbocycles. The van der Waals surface area contributed by atoms with Crippen LogP contribution in [0.2, 0.25) is 0 Å². The minimum absolute atomic E-state index is 0.0894. The van der Waals surface area contributed by atoms with Crippen molar-refractivity contribution in [3.05, 3.63) is 47.5 Å². The van der Waals surface area contributed by atoms with Crippen molar-refractivity contribution in [2.75, 3.05) is 21.3 Å². The summed E-state index contributed by atoms with van der Waals surface area (Å²) in [6, 6.07) is 8.68. The van der Waals surface area contributed by atoms with Crippen LogP contribution in [0.25, 0.3) is 0 Å². The van der Waals surface area contributed by atoms with E-state index < -0.39 is 11.8 Å². The Labute approximate surface area is 144 Å². The van der Waals surface area contributed by atoms with Gasteiger partial charge in [0.05, 0.1) is 21.3 Å². The van der Waals surface area contributed by atoms with E-state index in [4.69, 9.17) is 14.2 Å². The summed E-state index contributed by atoms with van der Waals surface area (Å²) < 4.78 is 15.2. The van der Waals surface area contributed by atoms with Crippen molar-refractivity contribution in [3.8, 4) is 23.0 Å². The topological polar surface area (TPSA) is 106 Å². The molecule has 8 heteroatoms. The molecule has 0 heterocycles. The lowest BCUT2D eigenvalue weighted by Crippen LogP contribution is -2.41. The van der Waals surface area contributed by atoms with Crippen LogP contribution in [-0.4, -0.2) is 38.3 Å². The van der Waals surface area contributed by atoms with E-state index in [-0.39, 0.29) is 22.6 Å². The molecule has 0 unspecified atom stereocenters. The molecule has 0 aliphatic heterocycles. The average molecular weight is 346 g/mol. The fraction of sp³-hybridized carbons (Fsp3) is 0.176. The lowest BCUT2D eigenvalue weighted by molar-refractivity contribution is 0.0846. The van der Waals surface area contributed by atoms with Crippen LogP contribution in [0.5, 0.6) is 23.0 Å². The van der Waals surface area contributed by atoms with Crippen molar-refractivity contribution in [1.29, 1.82) is 0 Å². The van der Waals surface area contributed by atoms with E-state index in [1.165, 1.54) is 51.7 Å². The number of phenolic OH excluding ortho intramolecular Hbond substituents is 1. The van der Waals surface area contributed by atoms with Gasteiger partial charge >= 0.3 is 0 Å². The standard InChI is InChI=1S/C17H18N2O6/c1-23-13-7-5-11(9-15(13)25-3)17(22)19-18-16(21)10-4-6-12(20)14(8-10)24-2/h4-9,20H,1-3H3,(H,18,21)(H,19,22). The van der Waals surface area contributed by atoms with E-state index in [0.29, 0.717) is 11.5 Å². The maximum Gasteiger partial charge on any atom is 0.269 e. The summed E-state index contributed by atoms with van der Waals surface area (Å²) in [5, 5.41) is 9.53. The zero-order chi connectivity index (χ0) is 18.4. The Balaban J connectivity index is 2.05. The largest absolute Gasteiger partial charge is 0.504 e. The molecule has 0 fully saturated rings. The van der Waals surface area contributed by atoms with Gasteiger partial charge in [-0.2, -0.15) is 0 Å². The summed E-state index contributed by atoms with van der Waals surface area (Å²) in [6.45, 7) is 0. The second-order valence-electron chi connectivity index (χ2n) is 4.86. The smallest absolute Gasteiger partial charge is 0.269 e. The summed E-state index contributed by atoms with van der Waals surface area (Å²) in [4.78, 5) is 24.2. The third kappa shape index (κ3) is 4.11. The van der Waals surface area contributed by atoms with Crippen molar-refractivity contribution in [2.24, 2.45) is 0 Å². The first-order valence-corrected chi connectivity index (χ1v) is 7.20. The molecule has 2 aromatic rings. The third-order valence-corrected chi connectivity index (χ3v) is 3.38. The first kappa shape index (κ1) is 17.9. The predicted octanol–water partition coefficient (Wildman–Crippen LogP) is 1.49. The number of carbonyl (C=O) groups excluding carboxylic acids is 2. The Bertz CT molecular complexity index is 791. The molecule has 0 aliphatic rings. The molecule has 0 saturated carbocycles. The zero-order valence-corrected chi connectivity index (χ0v) is 14.0. The van der Waals surface area contributed by atoms with Crippen molar-refractivity contribution in [2.45, 2.75) is 0 Å². The van der Waals surface area contributed by atoms with Gasteiger partial charge in [0.2, 0.25) is 0 Å². The number of benzene rings is 2. The number of methoxy groups -OCH3 is 3. The van der Waals surface area contributed by atoms with Crippen molar-refractivity contribution in [3.63, 3.8) is 0 Å². The molecule has 3 N–H and O–H groups in total. The number of phenols is 1. The van der Waals surface area contributed by atoms with Gasteiger partial charge in [0, 0.05) is 11.1 Å². The highest BCUT2D eigenvalue weighted by atomic mass is 16.5. The van der Waals surface area contributed by atoms with Gasteiger partial charge in [-0.15, -0.1) is 0 Å². The molecule has 2 rings (SSSR count). The van der Waals surface area contributed by atoms with Gasteiger partial charge in [-0.05, 0) is 36.4 Å². The van der Waals surface area contributed by atoms with Crippen LogP contribution in [0.1, 0.15) is 20.7 Å². The lowest BCUT2D eigenvalue weighted by atomic mass is 10.2. The Morgan fingerprint density at radius 2 is 1.24 bits per heavy atom. The van der Waals surface area contributed by atoms with E-state index in [9.17, 15) is 14.7 Å². The number of rotatable bonds is 5. The van der Waals surface area contributed by atoms with E-state index in [2.05, 4.69) is 10.9 Å². The van der Waals surface area contributed by atoms with E-state index >= 15 is 0 Å². The fourth-order valence-electron chi connectivity index (χ4n) is 2.05. The molecule has 0 atom stereocenters. The van der Waals surface area contributed by atoms with Crippen LogP contribution in [0.3, 0.4) is 0 Å². The number of hydrogen-bond acceptors (Lipinski definition) is 6. The maximum atomic E-state index is 12.1. The van der Waals surface area contributed by atoms with Crippen LogP contribution in [0, 0.1) is 0 Å². The first-order chi connectivity index (χ1) is 12.0. The minimum atomic E-state index is -0.563. The predicted molar refractivity (Wildman–Crippen MR) is 89.1 cm³/mol. The molecule has 0 saturated heterocycles. The Morgan fingerprint density at radius 1 is 0.760 bits per heavy atom. The molecule has 132 valence electrons. The highest BCUT2D eigenvalue weighted by Gasteiger charge is 2.13. The van der Waals surface area contributed by atoms with Gasteiger partial charge in [-0.1, -0.05) is 0 Å². The average Bonchev–Trinajstić information content (AvgIpc) is 2.65. The molecule has 2 amide bonds. The zero-order valence-electron chi connectivity index (χ0n) is 14.0. The molecule has 0 bridgehead atoms. The molecule has 0 radical (unpaired) electrons. The van der Waals surface area contributed by atoms with Crippen LogP contribution in [0.15, 0.2) is 36.4 Å². The summed E-state index contributed by atoms with van der Waals surface area (Å²) in [5.41, 5.74) is 5.08. The van der Waals surface area contributed by atoms with Crippen molar-refractivity contribution < 1.29 is 28.9 Å². The summed E-state index contributed by atoms with van der Waals surface area (Å²) in [6.07, 6.45) is 0. The third-order valence-electron chi connectivity index (χ3n) is 3.38. The van der Waals surface area contributed by atoms with Gasteiger partial charge in [0.1, 0.15) is 0 Å². The Morgan fingerprint density at radius 3 is 1.76 bits per heavy atom. The lowest BCUT2D eigenvalue weighted by Gasteiger charge is -2.11. The Hall–Kier alpha value is -3.42. The molecule has 8 nitrogen and oxygen atoms in total. The number of nitrogens with one attached hydrogen (secondary N) is 2. The summed E-state index contributed by atoms with van der Waals surface area (Å²) in [5.74, 6) is -0.150. The molecular weight excluding hydrogens is 328 g/mol. The van der Waals surface area contributed by atoms with Gasteiger partial charge in [0.15, 0.2) is 23.0 Å². The van der Waals surface area contributed by atoms with Crippen molar-refractivity contribution >= 4 is 11.8 Å². The number of carbonyl (C=O) groups is 2. The first-order valence-electron chi connectivity index (χ1n) is 7.20. The highest BCUT2D eigenvalue weighted by Crippen LogP contribution is 2.27. The SMILES string of the molecule is COc1cc(C(=O)NNC(=O)c2ccc(OC)c(OC)c2)ccc1O.